The Morgan fingerprint density at radius 3 is 0.808 bits per heavy atom. The van der Waals surface area contributed by atoms with Crippen LogP contribution in [0.1, 0.15) is 130 Å². The molecule has 0 saturated heterocycles. The molecule has 0 nitrogen and oxygen atoms in total. The number of unbranched alkanes of at least 4 members (excludes halogenated alkanes) is 12. The second kappa shape index (κ2) is 16.8. The summed E-state index contributed by atoms with van der Waals surface area (Å²) in [6.45, 7) is 9.39. The Hall–Kier alpha value is 0.860. The summed E-state index contributed by atoms with van der Waals surface area (Å²) in [6.07, 6.45) is 27.9. The third-order valence-corrected chi connectivity index (χ3v) is 15.7. The Bertz CT molecular complexity index is 241. The van der Waals surface area contributed by atoms with E-state index in [4.69, 9.17) is 0 Å². The van der Waals surface area contributed by atoms with Gasteiger partial charge in [0.2, 0.25) is 0 Å². The quantitative estimate of drug-likeness (QED) is 0.140. The molecule has 0 saturated carbocycles. The first-order valence-corrected chi connectivity index (χ1v) is 16.9. The van der Waals surface area contributed by atoms with Gasteiger partial charge >= 0.3 is 170 Å². The number of hydrogen-bond donors (Lipinski definition) is 0. The zero-order valence-electron chi connectivity index (χ0n) is 19.2. The molecule has 2 heteroatoms. The van der Waals surface area contributed by atoms with Crippen LogP contribution in [0.4, 0.5) is 0 Å². The molecule has 0 bridgehead atoms. The summed E-state index contributed by atoms with van der Waals surface area (Å²) in [6, 6.07) is 0. The second-order valence-electron chi connectivity index (χ2n) is 9.21. The maximum atomic E-state index is 3.65. The Kier molecular flexibility index (Phi) is 17.3. The minimum atomic E-state index is -1.57. The first kappa shape index (κ1) is 26.9. The van der Waals surface area contributed by atoms with E-state index < -0.39 is 6.29 Å². The molecule has 26 heavy (non-hydrogen) atoms. The topological polar surface area (TPSA) is 0 Å². The molecule has 0 spiro atoms. The monoisotopic (exact) mass is 404 g/mol. The number of hydrogen-bond acceptors (Lipinski definition) is 0. The molecule has 0 rings (SSSR count). The van der Waals surface area contributed by atoms with Crippen LogP contribution >= 0.6 is 15.2 Å². The molecule has 0 fully saturated rings. The van der Waals surface area contributed by atoms with E-state index in [9.17, 15) is 0 Å². The molecule has 0 aliphatic carbocycles. The fraction of sp³-hybridized carbons (Fsp3) is 1.00. The fourth-order valence-electron chi connectivity index (χ4n) is 4.53. The Morgan fingerprint density at radius 2 is 0.615 bits per heavy atom. The van der Waals surface area contributed by atoms with Gasteiger partial charge in [-0.3, -0.25) is 0 Å². The van der Waals surface area contributed by atoms with Gasteiger partial charge in [0.15, 0.2) is 0 Å². The Morgan fingerprint density at radius 1 is 0.385 bits per heavy atom. The van der Waals surface area contributed by atoms with E-state index in [-0.39, 0.29) is 0 Å². The van der Waals surface area contributed by atoms with Crippen molar-refractivity contribution in [3.05, 3.63) is 0 Å². The van der Waals surface area contributed by atoms with Crippen molar-refractivity contribution in [2.75, 3.05) is 24.6 Å². The van der Waals surface area contributed by atoms with E-state index in [1.54, 1.807) is 24.6 Å². The Labute approximate surface area is 170 Å². The molecule has 0 aliphatic heterocycles. The first-order valence-electron chi connectivity index (χ1n) is 12.4. The van der Waals surface area contributed by atoms with Crippen molar-refractivity contribution >= 4 is 15.2 Å². The van der Waals surface area contributed by atoms with Gasteiger partial charge in [-0.2, -0.15) is 0 Å². The van der Waals surface area contributed by atoms with E-state index >= 15 is 0 Å². The Balaban J connectivity index is 4.94. The third-order valence-electron chi connectivity index (χ3n) is 6.46. The van der Waals surface area contributed by atoms with Crippen molar-refractivity contribution in [2.24, 2.45) is 0 Å². The summed E-state index contributed by atoms with van der Waals surface area (Å²) >= 11 is 0. The van der Waals surface area contributed by atoms with Gasteiger partial charge in [0.1, 0.15) is 0 Å². The zero-order valence-corrected chi connectivity index (χ0v) is 21.2. The standard InChI is InChI=1S/C24H54P2/c1-5-9-13-17-21-26(25,22-18-14-10-6-2,23-19-15-11-7-3)24-20-16-12-8-4/h5-25H2,1-4H3. The third kappa shape index (κ3) is 13.1. The predicted octanol–water partition coefficient (Wildman–Crippen LogP) is 9.65. The summed E-state index contributed by atoms with van der Waals surface area (Å²) in [5, 5.41) is 0. The zero-order chi connectivity index (χ0) is 19.6. The van der Waals surface area contributed by atoms with Crippen molar-refractivity contribution < 1.29 is 0 Å². The second-order valence-corrected chi connectivity index (χ2v) is 19.5. The molecule has 0 aromatic heterocycles. The molecular weight excluding hydrogens is 350 g/mol. The van der Waals surface area contributed by atoms with E-state index in [0.717, 1.165) is 0 Å². The summed E-state index contributed by atoms with van der Waals surface area (Å²) in [5.74, 6) is 0. The van der Waals surface area contributed by atoms with Crippen LogP contribution in [0.2, 0.25) is 0 Å². The summed E-state index contributed by atoms with van der Waals surface area (Å²) in [7, 11) is 3.65. The van der Waals surface area contributed by atoms with Crippen LogP contribution in [-0.4, -0.2) is 24.6 Å². The van der Waals surface area contributed by atoms with Gasteiger partial charge in [-0.15, -0.1) is 0 Å². The summed E-state index contributed by atoms with van der Waals surface area (Å²) in [5.41, 5.74) is 0. The van der Waals surface area contributed by atoms with Gasteiger partial charge in [0.25, 0.3) is 0 Å². The van der Waals surface area contributed by atoms with Crippen molar-refractivity contribution in [3.8, 4) is 0 Å². The van der Waals surface area contributed by atoms with Crippen LogP contribution in [0.5, 0.6) is 0 Å². The molecule has 0 aromatic carbocycles. The van der Waals surface area contributed by atoms with Crippen LogP contribution < -0.4 is 0 Å². The van der Waals surface area contributed by atoms with Gasteiger partial charge in [-0.25, -0.2) is 0 Å². The molecule has 0 N–H and O–H groups in total. The van der Waals surface area contributed by atoms with Gasteiger partial charge in [0.05, 0.1) is 0 Å². The molecule has 0 amide bonds. The van der Waals surface area contributed by atoms with Crippen LogP contribution in [0, 0.1) is 0 Å². The molecule has 1 atom stereocenters. The van der Waals surface area contributed by atoms with Crippen LogP contribution in [0.15, 0.2) is 0 Å². The van der Waals surface area contributed by atoms with Crippen molar-refractivity contribution in [3.63, 3.8) is 0 Å². The summed E-state index contributed by atoms with van der Waals surface area (Å²) in [4.78, 5) is 0. The van der Waals surface area contributed by atoms with Crippen molar-refractivity contribution in [2.45, 2.75) is 130 Å². The van der Waals surface area contributed by atoms with Crippen LogP contribution in [-0.2, 0) is 0 Å². The van der Waals surface area contributed by atoms with Crippen LogP contribution in [0.25, 0.3) is 0 Å². The molecule has 0 heterocycles. The molecule has 0 aliphatic rings. The average Bonchev–Trinajstić information content (AvgIpc) is 2.64. The predicted molar refractivity (Wildman–Crippen MR) is 133 cm³/mol. The molecule has 0 aromatic rings. The molecule has 0 radical (unpaired) electrons. The number of rotatable bonds is 20. The van der Waals surface area contributed by atoms with E-state index in [1.165, 1.54) is 103 Å². The first-order chi connectivity index (χ1) is 12.5. The fourth-order valence-corrected chi connectivity index (χ4v) is 12.4. The van der Waals surface area contributed by atoms with Crippen molar-refractivity contribution in [1.29, 1.82) is 0 Å². The van der Waals surface area contributed by atoms with E-state index in [2.05, 4.69) is 36.6 Å². The van der Waals surface area contributed by atoms with E-state index in [0.29, 0.717) is 0 Å². The van der Waals surface area contributed by atoms with Crippen LogP contribution in [0.3, 0.4) is 0 Å². The average molecular weight is 405 g/mol. The van der Waals surface area contributed by atoms with Crippen molar-refractivity contribution in [1.82, 2.24) is 0 Å². The van der Waals surface area contributed by atoms with Gasteiger partial charge in [0, 0.05) is 0 Å². The molecular formula is C24H54P2. The molecule has 1 unspecified atom stereocenters. The molecule has 160 valence electrons. The normalized spacial score (nSPS) is 13.7. The van der Waals surface area contributed by atoms with Gasteiger partial charge in [-0.1, -0.05) is 0 Å². The van der Waals surface area contributed by atoms with Gasteiger partial charge in [-0.05, 0) is 0 Å². The maximum absolute atomic E-state index is 3.65. The van der Waals surface area contributed by atoms with Gasteiger partial charge < -0.3 is 0 Å². The SMILES string of the molecule is CCCCCCP(P)(CCCCCC)(CCCCCC)CCCCCC. The summed E-state index contributed by atoms with van der Waals surface area (Å²) < 4.78 is 0. The minimum absolute atomic E-state index is 1.37. The van der Waals surface area contributed by atoms with E-state index in [1.807, 2.05) is 0 Å².